The Morgan fingerprint density at radius 1 is 1.12 bits per heavy atom. The van der Waals surface area contributed by atoms with Crippen molar-refractivity contribution in [2.45, 2.75) is 43.3 Å². The van der Waals surface area contributed by atoms with E-state index in [-0.39, 0.29) is 23.0 Å². The van der Waals surface area contributed by atoms with Crippen molar-refractivity contribution in [3.8, 4) is 17.2 Å². The van der Waals surface area contributed by atoms with Crippen molar-refractivity contribution in [1.29, 1.82) is 0 Å². The van der Waals surface area contributed by atoms with Crippen molar-refractivity contribution in [2.24, 2.45) is 11.7 Å². The number of phenols is 1. The maximum absolute atomic E-state index is 13.2. The fraction of sp³-hybridized carbons (Fsp3) is 0.500. The summed E-state index contributed by atoms with van der Waals surface area (Å²) >= 11 is 0. The molecule has 0 aromatic heterocycles. The Labute approximate surface area is 195 Å². The normalized spacial score (nSPS) is 22.1. The summed E-state index contributed by atoms with van der Waals surface area (Å²) in [6.45, 7) is 3.02. The SMILES string of the molecule is COc1ccc(S(=O)(=O)N2CCC([C@@H]3Cc4c(ccc(C)c4O)[C@H](CN)O3)CC2)cc1OC. The molecule has 0 unspecified atom stereocenters. The van der Waals surface area contributed by atoms with E-state index in [0.29, 0.717) is 56.1 Å². The fourth-order valence-corrected chi connectivity index (χ4v) is 6.38. The Hall–Kier alpha value is -2.33. The monoisotopic (exact) mass is 476 g/mol. The molecule has 1 fully saturated rings. The van der Waals surface area contributed by atoms with E-state index in [1.165, 1.54) is 24.6 Å². The molecule has 0 bridgehead atoms. The number of hydrogen-bond donors (Lipinski definition) is 2. The van der Waals surface area contributed by atoms with Crippen molar-refractivity contribution in [1.82, 2.24) is 4.31 Å². The first-order valence-corrected chi connectivity index (χ1v) is 12.6. The van der Waals surface area contributed by atoms with E-state index in [0.717, 1.165) is 16.7 Å². The average molecular weight is 477 g/mol. The lowest BCUT2D eigenvalue weighted by atomic mass is 9.83. The van der Waals surface area contributed by atoms with Gasteiger partial charge in [-0.15, -0.1) is 0 Å². The molecule has 2 atom stereocenters. The third kappa shape index (κ3) is 4.42. The Balaban J connectivity index is 1.48. The number of ether oxygens (including phenoxy) is 3. The molecule has 1 saturated heterocycles. The zero-order valence-electron chi connectivity index (χ0n) is 19.3. The third-order valence-electron chi connectivity index (χ3n) is 6.84. The zero-order chi connectivity index (χ0) is 23.8. The highest BCUT2D eigenvalue weighted by Crippen LogP contribution is 2.41. The number of benzene rings is 2. The average Bonchev–Trinajstić information content (AvgIpc) is 2.85. The molecular formula is C24H32N2O6S. The molecule has 0 spiro atoms. The second-order valence-electron chi connectivity index (χ2n) is 8.66. The largest absolute Gasteiger partial charge is 0.507 e. The lowest BCUT2D eigenvalue weighted by molar-refractivity contribution is -0.0612. The van der Waals surface area contributed by atoms with E-state index in [9.17, 15) is 13.5 Å². The van der Waals surface area contributed by atoms with Crippen LogP contribution in [0.25, 0.3) is 0 Å². The molecule has 0 radical (unpaired) electrons. The van der Waals surface area contributed by atoms with Crippen LogP contribution in [-0.4, -0.2) is 57.8 Å². The van der Waals surface area contributed by atoms with Crippen LogP contribution in [0.5, 0.6) is 17.2 Å². The van der Waals surface area contributed by atoms with Gasteiger partial charge < -0.3 is 25.1 Å². The number of rotatable bonds is 6. The number of aromatic hydroxyl groups is 1. The molecule has 33 heavy (non-hydrogen) atoms. The van der Waals surface area contributed by atoms with Gasteiger partial charge in [-0.1, -0.05) is 12.1 Å². The van der Waals surface area contributed by atoms with Gasteiger partial charge >= 0.3 is 0 Å². The van der Waals surface area contributed by atoms with Crippen molar-refractivity contribution in [2.75, 3.05) is 33.9 Å². The van der Waals surface area contributed by atoms with E-state index >= 15 is 0 Å². The number of aryl methyl sites for hydroxylation is 1. The van der Waals surface area contributed by atoms with E-state index in [1.807, 2.05) is 19.1 Å². The molecule has 8 nitrogen and oxygen atoms in total. The summed E-state index contributed by atoms with van der Waals surface area (Å²) in [7, 11) is -0.658. The predicted octanol–water partition coefficient (Wildman–Crippen LogP) is 2.76. The van der Waals surface area contributed by atoms with Crippen LogP contribution in [0.4, 0.5) is 0 Å². The molecule has 3 N–H and O–H groups in total. The van der Waals surface area contributed by atoms with Crippen molar-refractivity contribution in [3.63, 3.8) is 0 Å². The van der Waals surface area contributed by atoms with Crippen molar-refractivity contribution in [3.05, 3.63) is 47.0 Å². The lowest BCUT2D eigenvalue weighted by Crippen LogP contribution is -2.44. The van der Waals surface area contributed by atoms with Crippen LogP contribution < -0.4 is 15.2 Å². The van der Waals surface area contributed by atoms with Crippen LogP contribution in [0.2, 0.25) is 0 Å². The van der Waals surface area contributed by atoms with E-state index in [2.05, 4.69) is 0 Å². The maximum atomic E-state index is 13.2. The van der Waals surface area contributed by atoms with Crippen LogP contribution in [0, 0.1) is 12.8 Å². The van der Waals surface area contributed by atoms with E-state index in [4.69, 9.17) is 19.9 Å². The van der Waals surface area contributed by atoms with Gasteiger partial charge in [-0.25, -0.2) is 8.42 Å². The molecule has 2 aromatic carbocycles. The number of methoxy groups -OCH3 is 2. The van der Waals surface area contributed by atoms with Gasteiger partial charge in [-0.05, 0) is 48.9 Å². The van der Waals surface area contributed by atoms with Gasteiger partial charge in [0.15, 0.2) is 11.5 Å². The second-order valence-corrected chi connectivity index (χ2v) is 10.6. The molecule has 9 heteroatoms. The first-order chi connectivity index (χ1) is 15.8. The third-order valence-corrected chi connectivity index (χ3v) is 8.74. The maximum Gasteiger partial charge on any atom is 0.243 e. The van der Waals surface area contributed by atoms with Crippen LogP contribution >= 0.6 is 0 Å². The molecule has 2 aliphatic rings. The number of fused-ring (bicyclic) bond motifs is 1. The molecule has 2 aromatic rings. The first-order valence-electron chi connectivity index (χ1n) is 11.2. The Morgan fingerprint density at radius 2 is 1.82 bits per heavy atom. The molecule has 180 valence electrons. The first kappa shape index (κ1) is 23.8. The summed E-state index contributed by atoms with van der Waals surface area (Å²) in [5.74, 6) is 1.36. The van der Waals surface area contributed by atoms with Gasteiger partial charge in [0.05, 0.1) is 31.3 Å². The molecule has 0 saturated carbocycles. The topological polar surface area (TPSA) is 111 Å². The standard InChI is InChI=1S/C24H32N2O6S/c1-15-4-6-18-19(24(15)27)13-21(32-23(18)14-25)16-8-10-26(11-9-16)33(28,29)17-5-7-20(30-2)22(12-17)31-3/h4-7,12,16,21,23,27H,8-11,13-14,25H2,1-3H3/t21-,23-/m0/s1. The Morgan fingerprint density at radius 3 is 2.45 bits per heavy atom. The predicted molar refractivity (Wildman–Crippen MR) is 124 cm³/mol. The van der Waals surface area contributed by atoms with Crippen LogP contribution in [0.15, 0.2) is 35.2 Å². The molecule has 2 aliphatic heterocycles. The highest BCUT2D eigenvalue weighted by atomic mass is 32.2. The minimum atomic E-state index is -3.65. The number of piperidine rings is 1. The number of nitrogens with zero attached hydrogens (tertiary/aromatic N) is 1. The van der Waals surface area contributed by atoms with Gasteiger partial charge in [0.25, 0.3) is 0 Å². The van der Waals surface area contributed by atoms with Crippen LogP contribution in [-0.2, 0) is 21.2 Å². The lowest BCUT2D eigenvalue weighted by Gasteiger charge is -2.40. The van der Waals surface area contributed by atoms with Crippen LogP contribution in [0.3, 0.4) is 0 Å². The summed E-state index contributed by atoms with van der Waals surface area (Å²) in [6.07, 6.45) is 1.59. The number of sulfonamides is 1. The van der Waals surface area contributed by atoms with Gasteiger partial charge in [0.1, 0.15) is 5.75 Å². The van der Waals surface area contributed by atoms with Gasteiger partial charge in [-0.2, -0.15) is 4.31 Å². The summed E-state index contributed by atoms with van der Waals surface area (Å²) < 4.78 is 44.8. The number of hydrogen-bond acceptors (Lipinski definition) is 7. The molecular weight excluding hydrogens is 444 g/mol. The van der Waals surface area contributed by atoms with Crippen molar-refractivity contribution >= 4 is 10.0 Å². The molecule has 2 heterocycles. The number of nitrogens with two attached hydrogens (primary N) is 1. The smallest absolute Gasteiger partial charge is 0.243 e. The fourth-order valence-electron chi connectivity index (χ4n) is 4.89. The van der Waals surface area contributed by atoms with Gasteiger partial charge in [0.2, 0.25) is 10.0 Å². The van der Waals surface area contributed by atoms with Crippen LogP contribution in [0.1, 0.15) is 35.6 Å². The minimum Gasteiger partial charge on any atom is -0.507 e. The van der Waals surface area contributed by atoms with Gasteiger partial charge in [-0.3, -0.25) is 0 Å². The Bertz CT molecular complexity index is 1110. The van der Waals surface area contributed by atoms with E-state index < -0.39 is 10.0 Å². The molecule has 0 aliphatic carbocycles. The minimum absolute atomic E-state index is 0.107. The summed E-state index contributed by atoms with van der Waals surface area (Å²) in [5, 5.41) is 10.6. The quantitative estimate of drug-likeness (QED) is 0.659. The highest BCUT2D eigenvalue weighted by molar-refractivity contribution is 7.89. The molecule has 0 amide bonds. The number of phenolic OH excluding ortho intramolecular Hbond substituents is 1. The zero-order valence-corrected chi connectivity index (χ0v) is 20.1. The summed E-state index contributed by atoms with van der Waals surface area (Å²) in [4.78, 5) is 0.185. The van der Waals surface area contributed by atoms with Gasteiger partial charge in [0, 0.05) is 37.7 Å². The van der Waals surface area contributed by atoms with Crippen molar-refractivity contribution < 1.29 is 27.7 Å². The summed E-state index contributed by atoms with van der Waals surface area (Å²) in [6, 6.07) is 8.51. The summed E-state index contributed by atoms with van der Waals surface area (Å²) in [5.41, 5.74) is 8.66. The molecule has 4 rings (SSSR count). The highest BCUT2D eigenvalue weighted by Gasteiger charge is 2.37. The second kappa shape index (κ2) is 9.50. The van der Waals surface area contributed by atoms with E-state index in [1.54, 1.807) is 12.1 Å². The Kier molecular flexibility index (Phi) is 6.86.